The van der Waals surface area contributed by atoms with Gasteiger partial charge in [-0.3, -0.25) is 4.79 Å². The van der Waals surface area contributed by atoms with Crippen LogP contribution in [0.5, 0.6) is 0 Å². The lowest BCUT2D eigenvalue weighted by Gasteiger charge is -2.52. The van der Waals surface area contributed by atoms with Gasteiger partial charge in [-0.25, -0.2) is 0 Å². The van der Waals surface area contributed by atoms with Crippen LogP contribution < -0.4 is 0 Å². The molecule has 2 aliphatic rings. The molecule has 2 aliphatic carbocycles. The minimum Gasteiger partial charge on any atom is -0.414 e. The summed E-state index contributed by atoms with van der Waals surface area (Å²) in [4.78, 5) is 13.8. The molecule has 182 valence electrons. The topological polar surface area (TPSA) is 49.7 Å². The summed E-state index contributed by atoms with van der Waals surface area (Å²) >= 11 is 0. The van der Waals surface area contributed by atoms with Gasteiger partial charge in [0.2, 0.25) is 5.78 Å². The van der Waals surface area contributed by atoms with E-state index in [-0.39, 0.29) is 22.8 Å². The van der Waals surface area contributed by atoms with Crippen molar-refractivity contribution in [1.29, 1.82) is 0 Å². The number of aromatic nitrogens is 1. The maximum Gasteiger partial charge on any atom is 0.211 e. The second-order valence-electron chi connectivity index (χ2n) is 12.7. The van der Waals surface area contributed by atoms with Gasteiger partial charge < -0.3 is 18.5 Å². The highest BCUT2D eigenvalue weighted by Crippen LogP contribution is 2.53. The summed E-state index contributed by atoms with van der Waals surface area (Å²) in [6, 6.07) is 2.15. The van der Waals surface area contributed by atoms with Gasteiger partial charge in [0.25, 0.3) is 0 Å². The summed E-state index contributed by atoms with van der Waals surface area (Å²) in [5.41, 5.74) is 1.22. The van der Waals surface area contributed by atoms with Gasteiger partial charge in [-0.2, -0.15) is 0 Å². The molecule has 1 aromatic heterocycles. The first-order chi connectivity index (χ1) is 14.6. The molecule has 1 saturated carbocycles. The Morgan fingerprint density at radius 2 is 1.81 bits per heavy atom. The van der Waals surface area contributed by atoms with Gasteiger partial charge in [-0.15, -0.1) is 0 Å². The highest BCUT2D eigenvalue weighted by Gasteiger charge is 2.57. The molecule has 0 radical (unpaired) electrons. The summed E-state index contributed by atoms with van der Waals surface area (Å²) in [5.74, 6) is 0.741. The standard InChI is InChI=1S/C25H45NO4Si2/c1-18-20-15-25(28-5,16-21(18)30-32(9,10)24(2,3)4)23(27)22-19(20)11-12-26(22)13-14-29-17-31(6,7)8/h11-12,18,20-21H,13-17H2,1-10H3/t18-,20-,21-,25-/m1/s1. The molecule has 1 fully saturated rings. The molecule has 1 heterocycles. The van der Waals surface area contributed by atoms with Crippen molar-refractivity contribution < 1.29 is 18.7 Å². The molecule has 0 spiro atoms. The van der Waals surface area contributed by atoms with E-state index in [2.05, 4.69) is 77.3 Å². The number of methoxy groups -OCH3 is 1. The van der Waals surface area contributed by atoms with Crippen LogP contribution >= 0.6 is 0 Å². The molecule has 7 heteroatoms. The first-order valence-electron chi connectivity index (χ1n) is 12.2. The Kier molecular flexibility index (Phi) is 7.12. The fourth-order valence-electron chi connectivity index (χ4n) is 4.93. The third-order valence-electron chi connectivity index (χ3n) is 7.98. The molecule has 5 nitrogen and oxygen atoms in total. The maximum atomic E-state index is 13.8. The number of Topliss-reactive ketones (excluding diaryl/α,β-unsaturated/α-hetero) is 1. The van der Waals surface area contributed by atoms with Crippen LogP contribution in [0.4, 0.5) is 0 Å². The summed E-state index contributed by atoms with van der Waals surface area (Å²) in [6.07, 6.45) is 4.35. The number of ether oxygens (including phenoxy) is 2. The molecule has 1 aromatic rings. The van der Waals surface area contributed by atoms with Crippen molar-refractivity contribution in [1.82, 2.24) is 4.57 Å². The molecule has 0 saturated heterocycles. The Morgan fingerprint density at radius 3 is 2.38 bits per heavy atom. The van der Waals surface area contributed by atoms with Gasteiger partial charge in [0.15, 0.2) is 8.32 Å². The minimum atomic E-state index is -1.96. The van der Waals surface area contributed by atoms with E-state index in [0.717, 1.165) is 18.3 Å². The molecular formula is C25H45NO4Si2. The summed E-state index contributed by atoms with van der Waals surface area (Å²) in [6.45, 7) is 22.0. The van der Waals surface area contributed by atoms with E-state index in [9.17, 15) is 4.79 Å². The fraction of sp³-hybridized carbons (Fsp3) is 0.800. The number of ketones is 1. The van der Waals surface area contributed by atoms with Crippen molar-refractivity contribution in [2.24, 2.45) is 5.92 Å². The van der Waals surface area contributed by atoms with Crippen LogP contribution in [0.3, 0.4) is 0 Å². The number of carbonyl (C=O) groups is 1. The van der Waals surface area contributed by atoms with Gasteiger partial charge in [0.1, 0.15) is 5.60 Å². The van der Waals surface area contributed by atoms with Crippen molar-refractivity contribution in [2.45, 2.75) is 102 Å². The fourth-order valence-corrected chi connectivity index (χ4v) is 7.10. The average Bonchev–Trinajstić information content (AvgIpc) is 3.08. The number of carbonyl (C=O) groups excluding carboxylic acids is 1. The zero-order valence-electron chi connectivity index (χ0n) is 22.0. The zero-order valence-corrected chi connectivity index (χ0v) is 24.0. The van der Waals surface area contributed by atoms with Crippen LogP contribution in [-0.2, 0) is 20.4 Å². The number of hydrogen-bond acceptors (Lipinski definition) is 4. The summed E-state index contributed by atoms with van der Waals surface area (Å²) < 4.78 is 21.0. The molecule has 4 atom stereocenters. The van der Waals surface area contributed by atoms with Crippen LogP contribution in [0.1, 0.15) is 62.5 Å². The second kappa shape index (κ2) is 8.80. The summed E-state index contributed by atoms with van der Waals surface area (Å²) in [7, 11) is -1.50. The van der Waals surface area contributed by atoms with Crippen LogP contribution in [0.25, 0.3) is 0 Å². The lowest BCUT2D eigenvalue weighted by molar-refractivity contribution is -0.0777. The lowest BCUT2D eigenvalue weighted by atomic mass is 9.62. The summed E-state index contributed by atoms with van der Waals surface area (Å²) in [5, 5.41) is 0.133. The van der Waals surface area contributed by atoms with E-state index in [0.29, 0.717) is 25.5 Å². The molecule has 3 rings (SSSR count). The van der Waals surface area contributed by atoms with Crippen LogP contribution in [-0.4, -0.2) is 58.4 Å². The predicted octanol–water partition coefficient (Wildman–Crippen LogP) is 5.87. The smallest absolute Gasteiger partial charge is 0.211 e. The van der Waals surface area contributed by atoms with Crippen molar-refractivity contribution in [3.8, 4) is 0 Å². The number of fused-ring (bicyclic) bond motifs is 4. The van der Waals surface area contributed by atoms with Gasteiger partial charge >= 0.3 is 0 Å². The third-order valence-corrected chi connectivity index (χ3v) is 13.6. The molecule has 0 aliphatic heterocycles. The zero-order chi connectivity index (χ0) is 24.1. The molecule has 0 aromatic carbocycles. The Morgan fingerprint density at radius 1 is 1.16 bits per heavy atom. The highest BCUT2D eigenvalue weighted by molar-refractivity contribution is 6.76. The van der Waals surface area contributed by atoms with E-state index < -0.39 is 22.0 Å². The molecule has 0 unspecified atom stereocenters. The van der Waals surface area contributed by atoms with E-state index >= 15 is 0 Å². The van der Waals surface area contributed by atoms with Gasteiger partial charge in [0.05, 0.1) is 26.5 Å². The largest absolute Gasteiger partial charge is 0.414 e. The van der Waals surface area contributed by atoms with Gasteiger partial charge in [-0.1, -0.05) is 47.3 Å². The molecular weight excluding hydrogens is 434 g/mol. The Labute approximate surface area is 197 Å². The van der Waals surface area contributed by atoms with Crippen molar-refractivity contribution >= 4 is 22.2 Å². The maximum absolute atomic E-state index is 13.8. The van der Waals surface area contributed by atoms with E-state index in [1.54, 1.807) is 7.11 Å². The lowest BCUT2D eigenvalue weighted by Crippen LogP contribution is -2.58. The molecule has 0 amide bonds. The normalized spacial score (nSPS) is 28.7. The van der Waals surface area contributed by atoms with Crippen LogP contribution in [0.2, 0.25) is 37.8 Å². The first-order valence-corrected chi connectivity index (χ1v) is 18.8. The van der Waals surface area contributed by atoms with Crippen molar-refractivity contribution in [3.05, 3.63) is 23.5 Å². The van der Waals surface area contributed by atoms with Crippen molar-refractivity contribution in [2.75, 3.05) is 19.9 Å². The first kappa shape index (κ1) is 25.9. The van der Waals surface area contributed by atoms with Gasteiger partial charge in [-0.05, 0) is 48.0 Å². The number of nitrogens with zero attached hydrogens (tertiary/aromatic N) is 1. The van der Waals surface area contributed by atoms with E-state index in [4.69, 9.17) is 13.9 Å². The Balaban J connectivity index is 1.86. The van der Waals surface area contributed by atoms with E-state index in [1.165, 1.54) is 5.56 Å². The van der Waals surface area contributed by atoms with Gasteiger partial charge in [0, 0.05) is 32.5 Å². The van der Waals surface area contributed by atoms with Crippen LogP contribution in [0.15, 0.2) is 12.3 Å². The monoisotopic (exact) mass is 479 g/mol. The van der Waals surface area contributed by atoms with Crippen LogP contribution in [0, 0.1) is 5.92 Å². The molecule has 32 heavy (non-hydrogen) atoms. The second-order valence-corrected chi connectivity index (χ2v) is 22.9. The minimum absolute atomic E-state index is 0.0371. The third kappa shape index (κ3) is 4.87. The quantitative estimate of drug-likeness (QED) is 0.346. The van der Waals surface area contributed by atoms with E-state index in [1.807, 2.05) is 0 Å². The highest BCUT2D eigenvalue weighted by atomic mass is 28.4. The molecule has 2 bridgehead atoms. The predicted molar refractivity (Wildman–Crippen MR) is 136 cm³/mol. The number of hydrogen-bond donors (Lipinski definition) is 0. The number of rotatable bonds is 8. The Hall–Kier alpha value is -0.736. The SMILES string of the molecule is CO[C@@]12C[C@@H](O[Si](C)(C)C(C)(C)C)[C@H](C)[C@@H](C1)c1ccn(CCOC[Si](C)(C)C)c1C2=O. The Bertz CT molecular complexity index is 836. The average molecular weight is 480 g/mol. The molecule has 0 N–H and O–H groups in total. The van der Waals surface area contributed by atoms with Crippen molar-refractivity contribution in [3.63, 3.8) is 0 Å².